The Labute approximate surface area is 142 Å². The van der Waals surface area contributed by atoms with Crippen molar-refractivity contribution in [2.45, 2.75) is 13.0 Å². The third-order valence-corrected chi connectivity index (χ3v) is 3.24. The van der Waals surface area contributed by atoms with Crippen LogP contribution >= 0.6 is 0 Å². The van der Waals surface area contributed by atoms with Gasteiger partial charge >= 0.3 is 17.7 Å². The summed E-state index contributed by atoms with van der Waals surface area (Å²) in [4.78, 5) is 38.2. The summed E-state index contributed by atoms with van der Waals surface area (Å²) in [7, 11) is 0. The molecule has 0 saturated heterocycles. The third-order valence-electron chi connectivity index (χ3n) is 3.24. The van der Waals surface area contributed by atoms with Crippen LogP contribution in [0, 0.1) is 10.1 Å². The Kier molecular flexibility index (Phi) is 5.99. The standard InChI is InChI=1S/C16H15N3O6/c20-15(21)7-9-18(13-6-8-17-10-14(13)19(23)24)16(22)25-11-12-4-2-1-3-5-12/h1-6,8,10H,7,9,11H2,(H,20,21). The first-order valence-electron chi connectivity index (χ1n) is 7.27. The number of ether oxygens (including phenoxy) is 1. The van der Waals surface area contributed by atoms with Crippen LogP contribution in [0.4, 0.5) is 16.2 Å². The number of carboxylic acids is 1. The Hall–Kier alpha value is -3.49. The van der Waals surface area contributed by atoms with Crippen LogP contribution in [-0.2, 0) is 16.1 Å². The molecule has 25 heavy (non-hydrogen) atoms. The van der Waals surface area contributed by atoms with Crippen molar-refractivity contribution in [2.75, 3.05) is 11.4 Å². The summed E-state index contributed by atoms with van der Waals surface area (Å²) in [5.41, 5.74) is 0.252. The summed E-state index contributed by atoms with van der Waals surface area (Å²) in [6, 6.07) is 10.1. The first-order chi connectivity index (χ1) is 12.0. The van der Waals surface area contributed by atoms with Gasteiger partial charge in [0.05, 0.1) is 11.3 Å². The van der Waals surface area contributed by atoms with Gasteiger partial charge in [0.25, 0.3) is 0 Å². The predicted molar refractivity (Wildman–Crippen MR) is 87.1 cm³/mol. The van der Waals surface area contributed by atoms with Gasteiger partial charge in [-0.15, -0.1) is 0 Å². The monoisotopic (exact) mass is 345 g/mol. The summed E-state index contributed by atoms with van der Waals surface area (Å²) in [5.74, 6) is -1.14. The van der Waals surface area contributed by atoms with Crippen LogP contribution in [0.5, 0.6) is 0 Å². The molecule has 0 aliphatic rings. The molecule has 9 heteroatoms. The molecule has 9 nitrogen and oxygen atoms in total. The molecule has 0 radical (unpaired) electrons. The summed E-state index contributed by atoms with van der Waals surface area (Å²) < 4.78 is 5.16. The van der Waals surface area contributed by atoms with Crippen molar-refractivity contribution in [3.05, 3.63) is 64.5 Å². The number of pyridine rings is 1. The van der Waals surface area contributed by atoms with E-state index in [1.807, 2.05) is 6.07 Å². The van der Waals surface area contributed by atoms with E-state index in [1.165, 1.54) is 12.3 Å². The summed E-state index contributed by atoms with van der Waals surface area (Å²) in [5, 5.41) is 20.0. The molecule has 1 N–H and O–H groups in total. The van der Waals surface area contributed by atoms with E-state index in [1.54, 1.807) is 24.3 Å². The number of nitro groups is 1. The summed E-state index contributed by atoms with van der Waals surface area (Å²) in [6.07, 6.45) is 1.01. The smallest absolute Gasteiger partial charge is 0.414 e. The zero-order valence-corrected chi connectivity index (χ0v) is 13.1. The van der Waals surface area contributed by atoms with E-state index < -0.39 is 22.7 Å². The fraction of sp³-hybridized carbons (Fsp3) is 0.188. The molecule has 1 amide bonds. The number of rotatable bonds is 7. The number of carbonyl (C=O) groups excluding carboxylic acids is 1. The fourth-order valence-electron chi connectivity index (χ4n) is 2.06. The maximum Gasteiger partial charge on any atom is 0.414 e. The van der Waals surface area contributed by atoms with E-state index in [-0.39, 0.29) is 25.3 Å². The minimum atomic E-state index is -1.14. The fourth-order valence-corrected chi connectivity index (χ4v) is 2.06. The first-order valence-corrected chi connectivity index (χ1v) is 7.27. The van der Waals surface area contributed by atoms with E-state index in [0.717, 1.165) is 16.7 Å². The number of carboxylic acid groups (broad SMARTS) is 1. The highest BCUT2D eigenvalue weighted by Crippen LogP contribution is 2.27. The molecule has 1 heterocycles. The molecule has 0 unspecified atom stereocenters. The Bertz CT molecular complexity index is 765. The molecule has 2 rings (SSSR count). The number of amides is 1. The van der Waals surface area contributed by atoms with Crippen molar-refractivity contribution in [3.63, 3.8) is 0 Å². The lowest BCUT2D eigenvalue weighted by Crippen LogP contribution is -2.34. The number of hydrogen-bond donors (Lipinski definition) is 1. The van der Waals surface area contributed by atoms with Crippen molar-refractivity contribution in [1.82, 2.24) is 4.98 Å². The quantitative estimate of drug-likeness (QED) is 0.604. The van der Waals surface area contributed by atoms with Gasteiger partial charge in [0.15, 0.2) is 0 Å². The van der Waals surface area contributed by atoms with Crippen LogP contribution < -0.4 is 4.90 Å². The van der Waals surface area contributed by atoms with E-state index in [4.69, 9.17) is 9.84 Å². The summed E-state index contributed by atoms with van der Waals surface area (Å²) in [6.45, 7) is -0.310. The molecule has 0 bridgehead atoms. The van der Waals surface area contributed by atoms with Crippen LogP contribution in [-0.4, -0.2) is 33.6 Å². The van der Waals surface area contributed by atoms with Gasteiger partial charge in [0.2, 0.25) is 0 Å². The molecule has 1 aromatic heterocycles. The van der Waals surface area contributed by atoms with Gasteiger partial charge in [0, 0.05) is 12.7 Å². The number of carbonyl (C=O) groups is 2. The molecular formula is C16H15N3O6. The van der Waals surface area contributed by atoms with Crippen LogP contribution in [0.3, 0.4) is 0 Å². The summed E-state index contributed by atoms with van der Waals surface area (Å²) >= 11 is 0. The maximum absolute atomic E-state index is 12.4. The number of anilines is 1. The van der Waals surface area contributed by atoms with Gasteiger partial charge in [-0.1, -0.05) is 30.3 Å². The molecule has 0 aliphatic heterocycles. The Morgan fingerprint density at radius 1 is 1.24 bits per heavy atom. The molecule has 0 spiro atoms. The van der Waals surface area contributed by atoms with Gasteiger partial charge in [-0.2, -0.15) is 0 Å². The Morgan fingerprint density at radius 2 is 1.96 bits per heavy atom. The van der Waals surface area contributed by atoms with Crippen molar-refractivity contribution < 1.29 is 24.4 Å². The van der Waals surface area contributed by atoms with Crippen molar-refractivity contribution in [2.24, 2.45) is 0 Å². The number of nitrogens with zero attached hydrogens (tertiary/aromatic N) is 3. The van der Waals surface area contributed by atoms with E-state index in [2.05, 4.69) is 4.98 Å². The second kappa shape index (κ2) is 8.39. The molecule has 2 aromatic rings. The molecular weight excluding hydrogens is 330 g/mol. The molecule has 0 saturated carbocycles. The van der Waals surface area contributed by atoms with Crippen molar-refractivity contribution >= 4 is 23.4 Å². The maximum atomic E-state index is 12.4. The molecule has 0 aliphatic carbocycles. The van der Waals surface area contributed by atoms with Crippen LogP contribution in [0.1, 0.15) is 12.0 Å². The second-order valence-corrected chi connectivity index (χ2v) is 4.96. The minimum Gasteiger partial charge on any atom is -0.481 e. The van der Waals surface area contributed by atoms with Gasteiger partial charge in [0.1, 0.15) is 18.5 Å². The highest BCUT2D eigenvalue weighted by atomic mass is 16.6. The lowest BCUT2D eigenvalue weighted by atomic mass is 10.2. The molecule has 1 aromatic carbocycles. The van der Waals surface area contributed by atoms with Gasteiger partial charge < -0.3 is 9.84 Å². The molecule has 0 atom stereocenters. The number of hydrogen-bond acceptors (Lipinski definition) is 6. The number of aromatic nitrogens is 1. The lowest BCUT2D eigenvalue weighted by molar-refractivity contribution is -0.384. The Morgan fingerprint density at radius 3 is 2.60 bits per heavy atom. The average molecular weight is 345 g/mol. The van der Waals surface area contributed by atoms with Crippen molar-refractivity contribution in [3.8, 4) is 0 Å². The third kappa shape index (κ3) is 4.99. The SMILES string of the molecule is O=C(O)CCN(C(=O)OCc1ccccc1)c1ccncc1[N+](=O)[O-]. The highest BCUT2D eigenvalue weighted by molar-refractivity contribution is 5.91. The van der Waals surface area contributed by atoms with Crippen molar-refractivity contribution in [1.29, 1.82) is 0 Å². The lowest BCUT2D eigenvalue weighted by Gasteiger charge is -2.21. The van der Waals surface area contributed by atoms with E-state index in [0.29, 0.717) is 0 Å². The van der Waals surface area contributed by atoms with Crippen LogP contribution in [0.2, 0.25) is 0 Å². The average Bonchev–Trinajstić information content (AvgIpc) is 2.61. The first kappa shape index (κ1) is 17.9. The largest absolute Gasteiger partial charge is 0.481 e. The van der Waals surface area contributed by atoms with Gasteiger partial charge in [-0.05, 0) is 11.6 Å². The predicted octanol–water partition coefficient (Wildman–Crippen LogP) is 2.61. The van der Waals surface area contributed by atoms with E-state index >= 15 is 0 Å². The zero-order valence-electron chi connectivity index (χ0n) is 13.1. The van der Waals surface area contributed by atoms with E-state index in [9.17, 15) is 19.7 Å². The Balaban J connectivity index is 2.21. The van der Waals surface area contributed by atoms with Gasteiger partial charge in [-0.25, -0.2) is 4.79 Å². The molecule has 130 valence electrons. The minimum absolute atomic E-state index is 0.0396. The van der Waals surface area contributed by atoms with Crippen LogP contribution in [0.15, 0.2) is 48.8 Å². The normalized spacial score (nSPS) is 10.1. The number of benzene rings is 1. The topological polar surface area (TPSA) is 123 Å². The second-order valence-electron chi connectivity index (χ2n) is 4.96. The van der Waals surface area contributed by atoms with Gasteiger partial charge in [-0.3, -0.25) is 24.8 Å². The zero-order chi connectivity index (χ0) is 18.2. The molecule has 0 fully saturated rings. The number of aliphatic carboxylic acids is 1. The highest BCUT2D eigenvalue weighted by Gasteiger charge is 2.26. The van der Waals surface area contributed by atoms with Crippen LogP contribution in [0.25, 0.3) is 0 Å².